The molecule has 2 aliphatic rings. The van der Waals surface area contributed by atoms with E-state index in [0.29, 0.717) is 18.1 Å². The molecular formula is C13H18ClNOS. The maximum Gasteiger partial charge on any atom is 0.0934 e. The Morgan fingerprint density at radius 2 is 2.35 bits per heavy atom. The number of aliphatic hydroxyl groups is 1. The van der Waals surface area contributed by atoms with Gasteiger partial charge in [0.25, 0.3) is 0 Å². The van der Waals surface area contributed by atoms with E-state index >= 15 is 0 Å². The Bertz CT molecular complexity index is 414. The molecule has 0 bridgehead atoms. The Morgan fingerprint density at radius 3 is 3.06 bits per heavy atom. The van der Waals surface area contributed by atoms with E-state index in [2.05, 4.69) is 11.4 Å². The number of hydrogen-bond acceptors (Lipinski definition) is 3. The van der Waals surface area contributed by atoms with Crippen LogP contribution < -0.4 is 5.32 Å². The molecule has 1 atom stereocenters. The minimum absolute atomic E-state index is 0.321. The van der Waals surface area contributed by atoms with Gasteiger partial charge in [0.2, 0.25) is 0 Å². The largest absolute Gasteiger partial charge is 0.396 e. The highest BCUT2D eigenvalue weighted by atomic mass is 35.5. The highest BCUT2D eigenvalue weighted by Crippen LogP contribution is 2.49. The van der Waals surface area contributed by atoms with Crippen molar-refractivity contribution >= 4 is 22.9 Å². The van der Waals surface area contributed by atoms with E-state index in [0.717, 1.165) is 23.7 Å². The van der Waals surface area contributed by atoms with Gasteiger partial charge in [0.1, 0.15) is 0 Å². The molecule has 0 aromatic carbocycles. The number of rotatable bonds is 5. The van der Waals surface area contributed by atoms with Gasteiger partial charge < -0.3 is 10.4 Å². The first-order valence-corrected chi connectivity index (χ1v) is 7.54. The molecular weight excluding hydrogens is 254 g/mol. The number of hydrogen-bond donors (Lipinski definition) is 2. The number of fused-ring (bicyclic) bond motifs is 1. The molecule has 1 unspecified atom stereocenters. The standard InChI is InChI=1S/C13H18ClNOS/c14-12-7-9-10(1-2-11(9)17-12)15-8-13(3-4-13)5-6-16/h7,10,15-16H,1-6,8H2. The van der Waals surface area contributed by atoms with Gasteiger partial charge in [0, 0.05) is 24.1 Å². The van der Waals surface area contributed by atoms with Crippen LogP contribution in [0.2, 0.25) is 4.34 Å². The fraction of sp³-hybridized carbons (Fsp3) is 0.692. The summed E-state index contributed by atoms with van der Waals surface area (Å²) in [6.07, 6.45) is 5.85. The molecule has 2 N–H and O–H groups in total. The van der Waals surface area contributed by atoms with Crippen molar-refractivity contribution in [2.75, 3.05) is 13.2 Å². The monoisotopic (exact) mass is 271 g/mol. The van der Waals surface area contributed by atoms with Gasteiger partial charge in [0.15, 0.2) is 0 Å². The molecule has 3 rings (SSSR count). The van der Waals surface area contributed by atoms with Crippen LogP contribution in [0.3, 0.4) is 0 Å². The molecule has 0 aliphatic heterocycles. The summed E-state index contributed by atoms with van der Waals surface area (Å²) >= 11 is 7.78. The molecule has 2 aliphatic carbocycles. The normalized spacial score (nSPS) is 24.9. The van der Waals surface area contributed by atoms with E-state index in [1.54, 1.807) is 11.3 Å². The third-order valence-corrected chi connectivity index (χ3v) is 5.51. The van der Waals surface area contributed by atoms with E-state index < -0.39 is 0 Å². The van der Waals surface area contributed by atoms with Crippen LogP contribution in [0.5, 0.6) is 0 Å². The number of halogens is 1. The number of thiophene rings is 1. The first-order chi connectivity index (χ1) is 8.22. The minimum atomic E-state index is 0.321. The van der Waals surface area contributed by atoms with Gasteiger partial charge in [-0.1, -0.05) is 11.6 Å². The van der Waals surface area contributed by atoms with Gasteiger partial charge in [-0.2, -0.15) is 0 Å². The summed E-state index contributed by atoms with van der Waals surface area (Å²) in [4.78, 5) is 1.46. The predicted octanol–water partition coefficient (Wildman–Crippen LogP) is 3.14. The smallest absolute Gasteiger partial charge is 0.0934 e. The van der Waals surface area contributed by atoms with E-state index in [1.165, 1.54) is 29.7 Å². The number of aliphatic hydroxyl groups excluding tert-OH is 1. The molecule has 1 aromatic rings. The molecule has 2 nitrogen and oxygen atoms in total. The number of nitrogens with one attached hydrogen (secondary N) is 1. The van der Waals surface area contributed by atoms with Crippen molar-refractivity contribution in [3.8, 4) is 0 Å². The summed E-state index contributed by atoms with van der Waals surface area (Å²) in [6, 6.07) is 2.61. The van der Waals surface area contributed by atoms with Crippen LogP contribution in [0.25, 0.3) is 0 Å². The summed E-state index contributed by atoms with van der Waals surface area (Å²) in [6.45, 7) is 1.37. The molecule has 0 radical (unpaired) electrons. The summed E-state index contributed by atoms with van der Waals surface area (Å²) in [5.41, 5.74) is 1.82. The predicted molar refractivity (Wildman–Crippen MR) is 71.8 cm³/mol. The van der Waals surface area contributed by atoms with Crippen molar-refractivity contribution in [3.63, 3.8) is 0 Å². The highest BCUT2D eigenvalue weighted by Gasteiger charge is 2.42. The zero-order valence-electron chi connectivity index (χ0n) is 9.84. The topological polar surface area (TPSA) is 32.3 Å². The zero-order chi connectivity index (χ0) is 11.9. The second-order valence-electron chi connectivity index (χ2n) is 5.37. The molecule has 17 heavy (non-hydrogen) atoms. The van der Waals surface area contributed by atoms with Gasteiger partial charge in [-0.05, 0) is 49.1 Å². The molecule has 0 amide bonds. The van der Waals surface area contributed by atoms with Gasteiger partial charge >= 0.3 is 0 Å². The molecule has 1 fully saturated rings. The van der Waals surface area contributed by atoms with Gasteiger partial charge in [-0.3, -0.25) is 0 Å². The molecule has 1 heterocycles. The third-order valence-electron chi connectivity index (χ3n) is 4.17. The number of aryl methyl sites for hydroxylation is 1. The van der Waals surface area contributed by atoms with Crippen molar-refractivity contribution < 1.29 is 5.11 Å². The van der Waals surface area contributed by atoms with Crippen molar-refractivity contribution in [2.45, 2.75) is 38.1 Å². The molecule has 0 saturated heterocycles. The lowest BCUT2D eigenvalue weighted by Gasteiger charge is -2.19. The van der Waals surface area contributed by atoms with E-state index in [4.69, 9.17) is 16.7 Å². The Kier molecular flexibility index (Phi) is 3.20. The quantitative estimate of drug-likeness (QED) is 0.862. The summed E-state index contributed by atoms with van der Waals surface area (Å²) in [5.74, 6) is 0. The van der Waals surface area contributed by atoms with Gasteiger partial charge in [0.05, 0.1) is 4.34 Å². The van der Waals surface area contributed by atoms with E-state index in [-0.39, 0.29) is 0 Å². The molecule has 0 spiro atoms. The fourth-order valence-electron chi connectivity index (χ4n) is 2.81. The first-order valence-electron chi connectivity index (χ1n) is 6.35. The maximum atomic E-state index is 9.05. The summed E-state index contributed by atoms with van der Waals surface area (Å²) < 4.78 is 0.915. The minimum Gasteiger partial charge on any atom is -0.396 e. The summed E-state index contributed by atoms with van der Waals surface area (Å²) in [7, 11) is 0. The molecule has 94 valence electrons. The van der Waals surface area contributed by atoms with Crippen LogP contribution in [0.1, 0.15) is 42.2 Å². The van der Waals surface area contributed by atoms with Crippen molar-refractivity contribution in [2.24, 2.45) is 5.41 Å². The van der Waals surface area contributed by atoms with E-state index in [9.17, 15) is 0 Å². The van der Waals surface area contributed by atoms with Crippen LogP contribution in [-0.4, -0.2) is 18.3 Å². The second kappa shape index (κ2) is 4.54. The van der Waals surface area contributed by atoms with Crippen molar-refractivity contribution in [1.29, 1.82) is 0 Å². The fourth-order valence-corrected chi connectivity index (χ4v) is 4.17. The molecule has 1 saturated carbocycles. The zero-order valence-corrected chi connectivity index (χ0v) is 11.4. The van der Waals surface area contributed by atoms with Gasteiger partial charge in [-0.15, -0.1) is 11.3 Å². The van der Waals surface area contributed by atoms with Crippen LogP contribution in [0.4, 0.5) is 0 Å². The third kappa shape index (κ3) is 2.39. The maximum absolute atomic E-state index is 9.05. The van der Waals surface area contributed by atoms with Crippen LogP contribution in [-0.2, 0) is 6.42 Å². The Morgan fingerprint density at radius 1 is 1.53 bits per heavy atom. The average Bonchev–Trinajstić information content (AvgIpc) is 2.81. The lowest BCUT2D eigenvalue weighted by Crippen LogP contribution is -2.27. The van der Waals surface area contributed by atoms with Gasteiger partial charge in [-0.25, -0.2) is 0 Å². The SMILES string of the molecule is OCCC1(CNC2CCc3sc(Cl)cc32)CC1. The Hall–Kier alpha value is -0.0900. The van der Waals surface area contributed by atoms with Crippen molar-refractivity contribution in [3.05, 3.63) is 20.8 Å². The lowest BCUT2D eigenvalue weighted by molar-refractivity contribution is 0.242. The first kappa shape index (κ1) is 12.0. The van der Waals surface area contributed by atoms with E-state index in [1.807, 2.05) is 0 Å². The van der Waals surface area contributed by atoms with Crippen molar-refractivity contribution in [1.82, 2.24) is 5.32 Å². The second-order valence-corrected chi connectivity index (χ2v) is 7.14. The lowest BCUT2D eigenvalue weighted by atomic mass is 10.0. The Labute approximate surface area is 111 Å². The molecule has 1 aromatic heterocycles. The Balaban J connectivity index is 1.60. The average molecular weight is 272 g/mol. The van der Waals surface area contributed by atoms with Crippen LogP contribution in [0, 0.1) is 5.41 Å². The van der Waals surface area contributed by atoms with Crippen LogP contribution >= 0.6 is 22.9 Å². The van der Waals surface area contributed by atoms with Crippen LogP contribution in [0.15, 0.2) is 6.07 Å². The molecule has 4 heteroatoms. The highest BCUT2D eigenvalue weighted by molar-refractivity contribution is 7.16. The summed E-state index contributed by atoms with van der Waals surface area (Å²) in [5, 5.41) is 12.7.